The lowest BCUT2D eigenvalue weighted by Crippen LogP contribution is -2.11. The second-order valence-electron chi connectivity index (χ2n) is 4.61. The van der Waals surface area contributed by atoms with Crippen LogP contribution in [0.1, 0.15) is 5.56 Å². The average Bonchev–Trinajstić information content (AvgIpc) is 2.52. The zero-order valence-electron chi connectivity index (χ0n) is 11.4. The Labute approximate surface area is 130 Å². The van der Waals surface area contributed by atoms with E-state index < -0.39 is 0 Å². The highest BCUT2D eigenvalue weighted by atomic mass is 79.9. The number of nitrogens with two attached hydrogens (primary N) is 1. The minimum atomic E-state index is 0.605. The first kappa shape index (κ1) is 13.8. The Morgan fingerprint density at radius 2 is 1.71 bits per heavy atom. The highest BCUT2D eigenvalue weighted by Gasteiger charge is 2.09. The zero-order valence-corrected chi connectivity index (χ0v) is 13.0. The van der Waals surface area contributed by atoms with Crippen LogP contribution in [-0.4, -0.2) is 9.97 Å². The molecule has 0 radical (unpaired) electrons. The molecule has 0 saturated carbocycles. The summed E-state index contributed by atoms with van der Waals surface area (Å²) >= 11 is 3.57. The summed E-state index contributed by atoms with van der Waals surface area (Å²) < 4.78 is 1.06. The highest BCUT2D eigenvalue weighted by molar-refractivity contribution is 9.10. The number of fused-ring (bicyclic) bond motifs is 1. The van der Waals surface area contributed by atoms with Crippen molar-refractivity contribution in [3.05, 3.63) is 52.8 Å². The third-order valence-electron chi connectivity index (χ3n) is 3.34. The van der Waals surface area contributed by atoms with Crippen molar-refractivity contribution in [3.8, 4) is 0 Å². The molecule has 0 saturated heterocycles. The fourth-order valence-electron chi connectivity index (χ4n) is 2.22. The van der Waals surface area contributed by atoms with Gasteiger partial charge in [-0.2, -0.15) is 0 Å². The predicted molar refractivity (Wildman–Crippen MR) is 89.5 cm³/mol. The van der Waals surface area contributed by atoms with Crippen molar-refractivity contribution in [2.24, 2.45) is 5.84 Å². The van der Waals surface area contributed by atoms with Gasteiger partial charge in [-0.05, 0) is 24.4 Å². The van der Waals surface area contributed by atoms with Crippen LogP contribution in [0.3, 0.4) is 0 Å². The largest absolute Gasteiger partial charge is 0.339 e. The van der Waals surface area contributed by atoms with Crippen LogP contribution < -0.4 is 16.6 Å². The van der Waals surface area contributed by atoms with Gasteiger partial charge >= 0.3 is 0 Å². The third-order valence-corrected chi connectivity index (χ3v) is 4.04. The summed E-state index contributed by atoms with van der Waals surface area (Å²) in [7, 11) is 0. The Hall–Kier alpha value is -2.18. The van der Waals surface area contributed by atoms with Crippen molar-refractivity contribution in [2.45, 2.75) is 6.92 Å². The van der Waals surface area contributed by atoms with E-state index in [0.29, 0.717) is 5.82 Å². The molecule has 3 rings (SSSR count). The molecule has 106 valence electrons. The van der Waals surface area contributed by atoms with Gasteiger partial charge in [0.25, 0.3) is 0 Å². The van der Waals surface area contributed by atoms with Crippen LogP contribution in [0.25, 0.3) is 10.8 Å². The number of benzene rings is 2. The molecular formula is C15H14BrN5. The van der Waals surface area contributed by atoms with Crippen molar-refractivity contribution in [1.82, 2.24) is 9.97 Å². The fraction of sp³-hybridized carbons (Fsp3) is 0.0667. The summed E-state index contributed by atoms with van der Waals surface area (Å²) in [5.41, 5.74) is 4.42. The Kier molecular flexibility index (Phi) is 3.72. The van der Waals surface area contributed by atoms with Crippen LogP contribution in [0.15, 0.2) is 47.2 Å². The van der Waals surface area contributed by atoms with E-state index in [1.165, 1.54) is 6.33 Å². The van der Waals surface area contributed by atoms with E-state index in [-0.39, 0.29) is 0 Å². The maximum absolute atomic E-state index is 5.45. The Balaban J connectivity index is 2.09. The molecule has 0 aliphatic heterocycles. The molecule has 0 aliphatic rings. The Morgan fingerprint density at radius 1 is 1.00 bits per heavy atom. The number of hydrogen-bond donors (Lipinski definition) is 3. The molecule has 0 fully saturated rings. The Morgan fingerprint density at radius 3 is 2.48 bits per heavy atom. The van der Waals surface area contributed by atoms with Crippen LogP contribution >= 0.6 is 15.9 Å². The van der Waals surface area contributed by atoms with Gasteiger partial charge in [-0.25, -0.2) is 15.8 Å². The van der Waals surface area contributed by atoms with Crippen LogP contribution in [-0.2, 0) is 0 Å². The summed E-state index contributed by atoms with van der Waals surface area (Å²) in [4.78, 5) is 8.36. The summed E-state index contributed by atoms with van der Waals surface area (Å²) in [6, 6.07) is 12.2. The van der Waals surface area contributed by atoms with Crippen molar-refractivity contribution >= 4 is 44.0 Å². The van der Waals surface area contributed by atoms with E-state index in [4.69, 9.17) is 5.84 Å². The third kappa shape index (κ3) is 2.55. The first-order valence-corrected chi connectivity index (χ1v) is 7.22. The lowest BCUT2D eigenvalue weighted by Gasteiger charge is -2.13. The highest BCUT2D eigenvalue weighted by Crippen LogP contribution is 2.32. The number of nitrogens with one attached hydrogen (secondary N) is 2. The minimum Gasteiger partial charge on any atom is -0.339 e. The van der Waals surface area contributed by atoms with E-state index in [1.807, 2.05) is 31.2 Å². The van der Waals surface area contributed by atoms with Crippen LogP contribution in [0.4, 0.5) is 17.3 Å². The number of hydrogen-bond acceptors (Lipinski definition) is 5. The molecular weight excluding hydrogens is 330 g/mol. The number of halogens is 1. The quantitative estimate of drug-likeness (QED) is 0.499. The van der Waals surface area contributed by atoms with E-state index in [2.05, 4.69) is 48.8 Å². The summed E-state index contributed by atoms with van der Waals surface area (Å²) in [6.07, 6.45) is 1.48. The van der Waals surface area contributed by atoms with Crippen molar-refractivity contribution in [2.75, 3.05) is 10.7 Å². The number of anilines is 3. The number of aromatic nitrogens is 2. The number of rotatable bonds is 3. The summed E-state index contributed by atoms with van der Waals surface area (Å²) in [5, 5.41) is 5.61. The topological polar surface area (TPSA) is 75.9 Å². The van der Waals surface area contributed by atoms with Gasteiger partial charge in [-0.15, -0.1) is 0 Å². The molecule has 6 heteroatoms. The predicted octanol–water partition coefficient (Wildman–Crippen LogP) is 3.73. The maximum Gasteiger partial charge on any atom is 0.148 e. The van der Waals surface area contributed by atoms with Gasteiger partial charge in [-0.3, -0.25) is 0 Å². The molecule has 0 aliphatic carbocycles. The maximum atomic E-state index is 5.45. The van der Waals surface area contributed by atoms with Crippen molar-refractivity contribution < 1.29 is 0 Å². The molecule has 1 aromatic heterocycles. The molecule has 5 nitrogen and oxygen atoms in total. The number of nitrogen functional groups attached to an aromatic ring is 1. The smallest absolute Gasteiger partial charge is 0.148 e. The molecule has 0 unspecified atom stereocenters. The molecule has 0 amide bonds. The lowest BCUT2D eigenvalue weighted by molar-refractivity contribution is 1.11. The minimum absolute atomic E-state index is 0.605. The molecule has 21 heavy (non-hydrogen) atoms. The summed E-state index contributed by atoms with van der Waals surface area (Å²) in [6.45, 7) is 1.92. The zero-order chi connectivity index (χ0) is 14.8. The van der Waals surface area contributed by atoms with Crippen LogP contribution in [0.5, 0.6) is 0 Å². The van der Waals surface area contributed by atoms with Gasteiger partial charge in [0, 0.05) is 21.1 Å². The molecule has 4 N–H and O–H groups in total. The summed E-state index contributed by atoms with van der Waals surface area (Å²) in [5.74, 6) is 6.78. The van der Waals surface area contributed by atoms with Gasteiger partial charge < -0.3 is 10.7 Å². The fourth-order valence-corrected chi connectivity index (χ4v) is 2.70. The molecule has 0 spiro atoms. The van der Waals surface area contributed by atoms with Gasteiger partial charge in [0.2, 0.25) is 0 Å². The molecule has 0 bridgehead atoms. The normalized spacial score (nSPS) is 10.6. The van der Waals surface area contributed by atoms with E-state index in [0.717, 1.165) is 32.3 Å². The van der Waals surface area contributed by atoms with E-state index in [9.17, 15) is 0 Å². The molecule has 1 heterocycles. The average molecular weight is 344 g/mol. The molecule has 0 atom stereocenters. The van der Waals surface area contributed by atoms with E-state index in [1.54, 1.807) is 0 Å². The second kappa shape index (κ2) is 5.67. The Bertz CT molecular complexity index is 803. The second-order valence-corrected chi connectivity index (χ2v) is 5.46. The van der Waals surface area contributed by atoms with Gasteiger partial charge in [0.15, 0.2) is 0 Å². The van der Waals surface area contributed by atoms with Gasteiger partial charge in [-0.1, -0.05) is 40.2 Å². The molecule has 3 aromatic rings. The van der Waals surface area contributed by atoms with Crippen molar-refractivity contribution in [3.63, 3.8) is 0 Å². The number of nitrogens with zero attached hydrogens (tertiary/aromatic N) is 2. The van der Waals surface area contributed by atoms with Crippen LogP contribution in [0, 0.1) is 6.92 Å². The first-order chi connectivity index (χ1) is 10.2. The molecule has 2 aromatic carbocycles. The lowest BCUT2D eigenvalue weighted by atomic mass is 10.1. The first-order valence-electron chi connectivity index (χ1n) is 6.43. The van der Waals surface area contributed by atoms with E-state index >= 15 is 0 Å². The number of hydrazine groups is 1. The van der Waals surface area contributed by atoms with Crippen LogP contribution in [0.2, 0.25) is 0 Å². The van der Waals surface area contributed by atoms with Gasteiger partial charge in [0.1, 0.15) is 18.0 Å². The van der Waals surface area contributed by atoms with Gasteiger partial charge in [0.05, 0.1) is 0 Å². The SMILES string of the molecule is Cc1c(NN)ncnc1Nc1ccc(Br)c2ccccc12. The monoisotopic (exact) mass is 343 g/mol. The standard InChI is InChI=1S/C15H14BrN5/c1-9-14(18-8-19-15(9)21-17)20-13-7-6-12(16)10-4-2-3-5-11(10)13/h2-8H,17H2,1H3,(H2,18,19,20,21). The van der Waals surface area contributed by atoms with Crippen molar-refractivity contribution in [1.29, 1.82) is 0 Å².